The van der Waals surface area contributed by atoms with Gasteiger partial charge in [0.05, 0.1) is 23.1 Å². The predicted octanol–water partition coefficient (Wildman–Crippen LogP) is 3.33. The Labute approximate surface area is 103 Å². The van der Waals surface area contributed by atoms with Crippen LogP contribution in [0.3, 0.4) is 0 Å². The number of nitrogens with zero attached hydrogens (tertiary/aromatic N) is 2. The molecule has 0 bridgehead atoms. The van der Waals surface area contributed by atoms with Gasteiger partial charge in [0, 0.05) is 1.37 Å². The van der Waals surface area contributed by atoms with E-state index in [1.165, 1.54) is 0 Å². The summed E-state index contributed by atoms with van der Waals surface area (Å²) in [6.07, 6.45) is 2.89. The first kappa shape index (κ1) is 9.87. The minimum Gasteiger partial charge on any atom is -0.197 e. The topological polar surface area (TPSA) is 47.6 Å². The van der Waals surface area contributed by atoms with Crippen molar-refractivity contribution in [2.24, 2.45) is 0 Å². The van der Waals surface area contributed by atoms with Gasteiger partial charge in [-0.15, -0.1) is 6.58 Å². The van der Waals surface area contributed by atoms with Crippen LogP contribution in [0.5, 0.6) is 0 Å². The molecular formula is C15H12N2. The van der Waals surface area contributed by atoms with Gasteiger partial charge in [-0.2, -0.15) is 10.5 Å². The fourth-order valence-corrected chi connectivity index (χ4v) is 2.16. The summed E-state index contributed by atoms with van der Waals surface area (Å²) < 4.78 is 8.15. The molecule has 2 atom stereocenters. The van der Waals surface area contributed by atoms with Gasteiger partial charge in [0.15, 0.2) is 0 Å². The summed E-state index contributed by atoms with van der Waals surface area (Å²) in [5.41, 5.74) is 1.05. The van der Waals surface area contributed by atoms with E-state index >= 15 is 0 Å². The van der Waals surface area contributed by atoms with Crippen LogP contribution in [0.25, 0.3) is 5.57 Å². The highest BCUT2D eigenvalue weighted by Crippen LogP contribution is 2.41. The molecule has 1 aliphatic carbocycles. The van der Waals surface area contributed by atoms with Gasteiger partial charge >= 0.3 is 0 Å². The third-order valence-corrected chi connectivity index (χ3v) is 3.02. The number of rotatable bonds is 2. The molecule has 0 fully saturated rings. The van der Waals surface area contributed by atoms with E-state index in [1.54, 1.807) is 12.2 Å². The molecule has 1 aromatic carbocycles. The number of benzene rings is 1. The maximum Gasteiger partial charge on any atom is 0.0994 e. The molecule has 2 heteroatoms. The van der Waals surface area contributed by atoms with Crippen LogP contribution in [-0.2, 0) is 5.41 Å². The third kappa shape index (κ3) is 1.65. The summed E-state index contributed by atoms with van der Waals surface area (Å²) in [5, 5.41) is 18.6. The predicted molar refractivity (Wildman–Crippen MR) is 66.8 cm³/mol. The molecule has 1 aliphatic rings. The molecule has 0 unspecified atom stereocenters. The molecular weight excluding hydrogens is 208 g/mol. The Morgan fingerprint density at radius 1 is 1.47 bits per heavy atom. The normalized spacial score (nSPS) is 26.8. The molecule has 0 saturated heterocycles. The Hall–Kier alpha value is -2.32. The summed E-state index contributed by atoms with van der Waals surface area (Å²) in [5.74, 6) is 0. The number of fused-ring (bicyclic) bond motifs is 1. The van der Waals surface area contributed by atoms with Crippen LogP contribution in [0.1, 0.15) is 25.3 Å². The molecule has 17 heavy (non-hydrogen) atoms. The molecule has 0 aliphatic heterocycles. The Bertz CT molecular complexity index is 604. The van der Waals surface area contributed by atoms with E-state index < -0.39 is 11.8 Å². The third-order valence-electron chi connectivity index (χ3n) is 3.02. The zero-order valence-electron chi connectivity index (χ0n) is 10.4. The highest BCUT2D eigenvalue weighted by atomic mass is 14.4. The lowest BCUT2D eigenvalue weighted by molar-refractivity contribution is 0.559. The van der Waals surface area contributed by atoms with E-state index in [1.807, 2.05) is 24.3 Å². The van der Waals surface area contributed by atoms with E-state index in [0.29, 0.717) is 12.0 Å². The fourth-order valence-electron chi connectivity index (χ4n) is 2.16. The van der Waals surface area contributed by atoms with Crippen LogP contribution < -0.4 is 0 Å². The van der Waals surface area contributed by atoms with E-state index in [4.69, 9.17) is 6.63 Å². The number of allylic oxidation sites excluding steroid dienone is 3. The second-order valence-corrected chi connectivity index (χ2v) is 3.98. The van der Waals surface area contributed by atoms with Gasteiger partial charge in [-0.05, 0) is 23.9 Å². The molecule has 0 radical (unpaired) electrons. The first-order valence-corrected chi connectivity index (χ1v) is 5.36. The van der Waals surface area contributed by atoms with Crippen LogP contribution in [0.15, 0.2) is 43.0 Å². The van der Waals surface area contributed by atoms with Gasteiger partial charge in [-0.25, -0.2) is 0 Å². The van der Waals surface area contributed by atoms with Crippen molar-refractivity contribution in [2.75, 3.05) is 0 Å². The lowest BCUT2D eigenvalue weighted by atomic mass is 9.70. The van der Waals surface area contributed by atoms with Gasteiger partial charge in [-0.3, -0.25) is 0 Å². The second kappa shape index (κ2) is 4.28. The lowest BCUT2D eigenvalue weighted by Crippen LogP contribution is -2.26. The quantitative estimate of drug-likeness (QED) is 0.719. The molecule has 1 aromatic rings. The zero-order chi connectivity index (χ0) is 13.2. The van der Waals surface area contributed by atoms with Crippen LogP contribution in [0.4, 0.5) is 0 Å². The van der Waals surface area contributed by atoms with Gasteiger partial charge < -0.3 is 0 Å². The van der Waals surface area contributed by atoms with Crippen molar-refractivity contribution in [2.45, 2.75) is 18.2 Å². The van der Waals surface area contributed by atoms with Crippen LogP contribution in [0.2, 0.25) is 0 Å². The van der Waals surface area contributed by atoms with Crippen LogP contribution in [0, 0.1) is 22.7 Å². The van der Waals surface area contributed by atoms with Crippen molar-refractivity contribution in [1.29, 1.82) is 10.5 Å². The van der Waals surface area contributed by atoms with E-state index in [0.717, 1.165) is 11.1 Å². The summed E-state index contributed by atoms with van der Waals surface area (Å²) in [6, 6.07) is 11.7. The molecule has 0 aromatic heterocycles. The first-order valence-electron chi connectivity index (χ1n) is 5.93. The second-order valence-electron chi connectivity index (χ2n) is 3.98. The molecule has 2 rings (SSSR count). The Morgan fingerprint density at radius 2 is 2.24 bits per heavy atom. The number of hydrogen-bond acceptors (Lipinski definition) is 2. The van der Waals surface area contributed by atoms with Gasteiger partial charge in [0.2, 0.25) is 0 Å². The molecule has 0 amide bonds. The Morgan fingerprint density at radius 3 is 2.88 bits per heavy atom. The van der Waals surface area contributed by atoms with E-state index in [-0.39, 0.29) is 0 Å². The van der Waals surface area contributed by atoms with Crippen molar-refractivity contribution in [3.05, 3.63) is 54.1 Å². The van der Waals surface area contributed by atoms with Crippen molar-refractivity contribution in [3.8, 4) is 12.1 Å². The van der Waals surface area contributed by atoms with Crippen molar-refractivity contribution in [3.63, 3.8) is 0 Å². The smallest absolute Gasteiger partial charge is 0.0994 e. The summed E-state index contributed by atoms with van der Waals surface area (Å²) in [6.45, 7) is 3.67. The molecule has 0 heterocycles. The summed E-state index contributed by atoms with van der Waals surface area (Å²) in [4.78, 5) is 0. The van der Waals surface area contributed by atoms with Crippen molar-refractivity contribution >= 4 is 5.57 Å². The van der Waals surface area contributed by atoms with Gasteiger partial charge in [0.25, 0.3) is 0 Å². The van der Waals surface area contributed by atoms with Crippen LogP contribution >= 0.6 is 0 Å². The molecule has 0 N–H and O–H groups in total. The molecule has 2 nitrogen and oxygen atoms in total. The standard InChI is InChI=1S/C15H12N2/c1-2-8-15(11-17)9-7-12(10-16)13-5-3-4-6-14(13)15/h2-7H,1,8-9H2/t15-/m1/s1/i9D/t9-,15-. The molecule has 0 spiro atoms. The maximum atomic E-state index is 9.52. The average Bonchev–Trinajstić information content (AvgIpc) is 2.41. The number of nitriles is 2. The Kier molecular flexibility index (Phi) is 2.48. The monoisotopic (exact) mass is 221 g/mol. The largest absolute Gasteiger partial charge is 0.197 e. The van der Waals surface area contributed by atoms with Crippen molar-refractivity contribution < 1.29 is 1.37 Å². The van der Waals surface area contributed by atoms with E-state index in [2.05, 4.69) is 18.7 Å². The van der Waals surface area contributed by atoms with E-state index in [9.17, 15) is 5.26 Å². The lowest BCUT2D eigenvalue weighted by Gasteiger charge is -2.30. The fraction of sp³-hybridized carbons (Fsp3) is 0.200. The van der Waals surface area contributed by atoms with Crippen LogP contribution in [-0.4, -0.2) is 0 Å². The SMILES string of the molecule is [2H][C@@H]1C=C(C#N)c2ccccc2[C@]1(C#N)CC=C. The minimum atomic E-state index is -0.932. The molecule has 0 saturated carbocycles. The minimum absolute atomic E-state index is 0.407. The maximum absolute atomic E-state index is 9.52. The highest BCUT2D eigenvalue weighted by Gasteiger charge is 2.35. The number of hydrogen-bond donors (Lipinski definition) is 0. The first-order chi connectivity index (χ1) is 8.69. The summed E-state index contributed by atoms with van der Waals surface area (Å²) in [7, 11) is 0. The zero-order valence-corrected chi connectivity index (χ0v) is 9.35. The average molecular weight is 221 g/mol. The van der Waals surface area contributed by atoms with Crippen molar-refractivity contribution in [1.82, 2.24) is 0 Å². The Balaban J connectivity index is 2.74. The van der Waals surface area contributed by atoms with Gasteiger partial charge in [0.1, 0.15) is 0 Å². The molecule has 82 valence electrons. The summed E-state index contributed by atoms with van der Waals surface area (Å²) >= 11 is 0. The highest BCUT2D eigenvalue weighted by molar-refractivity contribution is 5.81. The van der Waals surface area contributed by atoms with Gasteiger partial charge in [-0.1, -0.05) is 36.4 Å².